The van der Waals surface area contributed by atoms with E-state index in [0.717, 1.165) is 12.2 Å². The predicted molar refractivity (Wildman–Crippen MR) is 59.5 cm³/mol. The zero-order chi connectivity index (χ0) is 11.1. The van der Waals surface area contributed by atoms with E-state index in [1.165, 1.54) is 5.56 Å². The summed E-state index contributed by atoms with van der Waals surface area (Å²) in [5.41, 5.74) is 6.92. The van der Waals surface area contributed by atoms with Crippen LogP contribution in [-0.2, 0) is 6.42 Å². The van der Waals surface area contributed by atoms with Gasteiger partial charge in [0.1, 0.15) is 12.4 Å². The molecule has 3 nitrogen and oxygen atoms in total. The molecule has 1 aromatic rings. The van der Waals surface area contributed by atoms with E-state index in [9.17, 15) is 0 Å². The molecule has 2 N–H and O–H groups in total. The molecule has 0 fully saturated rings. The van der Waals surface area contributed by atoms with E-state index >= 15 is 0 Å². The van der Waals surface area contributed by atoms with Gasteiger partial charge in [-0.15, -0.1) is 0 Å². The molecule has 1 rings (SSSR count). The quantitative estimate of drug-likeness (QED) is 0.796. The Kier molecular flexibility index (Phi) is 4.65. The summed E-state index contributed by atoms with van der Waals surface area (Å²) in [6.45, 7) is 2.50. The maximum Gasteiger partial charge on any atom is 0.119 e. The van der Waals surface area contributed by atoms with Crippen molar-refractivity contribution >= 4 is 0 Å². The monoisotopic (exact) mass is 204 g/mol. The van der Waals surface area contributed by atoms with Crippen molar-refractivity contribution in [2.75, 3.05) is 6.61 Å². The first-order chi connectivity index (χ1) is 7.26. The van der Waals surface area contributed by atoms with Crippen molar-refractivity contribution in [1.29, 1.82) is 5.26 Å². The lowest BCUT2D eigenvalue weighted by molar-refractivity contribution is 0.290. The topological polar surface area (TPSA) is 59.0 Å². The summed E-state index contributed by atoms with van der Waals surface area (Å²) in [5, 5.41) is 8.42. The highest BCUT2D eigenvalue weighted by molar-refractivity contribution is 5.27. The van der Waals surface area contributed by atoms with E-state index in [-0.39, 0.29) is 6.04 Å². The minimum atomic E-state index is -0.208. The van der Waals surface area contributed by atoms with Gasteiger partial charge in [-0.25, -0.2) is 0 Å². The number of benzene rings is 1. The third kappa shape index (κ3) is 4.01. The van der Waals surface area contributed by atoms with Gasteiger partial charge < -0.3 is 10.5 Å². The van der Waals surface area contributed by atoms with Crippen LogP contribution in [0, 0.1) is 11.3 Å². The first kappa shape index (κ1) is 11.5. The molecule has 0 saturated heterocycles. The van der Waals surface area contributed by atoms with Crippen molar-refractivity contribution in [1.82, 2.24) is 0 Å². The molecular formula is C12H16N2O. The summed E-state index contributed by atoms with van der Waals surface area (Å²) >= 11 is 0. The summed E-state index contributed by atoms with van der Waals surface area (Å²) < 4.78 is 5.44. The van der Waals surface area contributed by atoms with Crippen LogP contribution in [-0.4, -0.2) is 12.6 Å². The molecular weight excluding hydrogens is 188 g/mol. The van der Waals surface area contributed by atoms with E-state index in [0.29, 0.717) is 13.0 Å². The van der Waals surface area contributed by atoms with Crippen molar-refractivity contribution in [2.24, 2.45) is 5.73 Å². The van der Waals surface area contributed by atoms with Crippen LogP contribution in [0.15, 0.2) is 24.3 Å². The maximum absolute atomic E-state index is 8.42. The van der Waals surface area contributed by atoms with Gasteiger partial charge in [0.2, 0.25) is 0 Å². The molecule has 0 bridgehead atoms. The first-order valence-corrected chi connectivity index (χ1v) is 5.10. The number of aryl methyl sites for hydroxylation is 1. The second-order valence-electron chi connectivity index (χ2n) is 3.43. The molecule has 0 amide bonds. The Hall–Kier alpha value is -1.53. The van der Waals surface area contributed by atoms with Crippen molar-refractivity contribution < 1.29 is 4.74 Å². The molecule has 0 aliphatic rings. The molecule has 0 spiro atoms. The van der Waals surface area contributed by atoms with Gasteiger partial charge in [0, 0.05) is 0 Å². The van der Waals surface area contributed by atoms with Gasteiger partial charge in [-0.3, -0.25) is 0 Å². The van der Waals surface area contributed by atoms with Crippen molar-refractivity contribution in [3.8, 4) is 11.8 Å². The molecule has 0 radical (unpaired) electrons. The minimum Gasteiger partial charge on any atom is -0.492 e. The lowest BCUT2D eigenvalue weighted by Crippen LogP contribution is -2.27. The van der Waals surface area contributed by atoms with Crippen molar-refractivity contribution in [3.63, 3.8) is 0 Å². The fraction of sp³-hybridized carbons (Fsp3) is 0.417. The van der Waals surface area contributed by atoms with Crippen LogP contribution in [0.2, 0.25) is 0 Å². The van der Waals surface area contributed by atoms with Crippen LogP contribution in [0.25, 0.3) is 0 Å². The van der Waals surface area contributed by atoms with Crippen LogP contribution in [0.3, 0.4) is 0 Å². The van der Waals surface area contributed by atoms with Gasteiger partial charge in [-0.05, 0) is 24.1 Å². The van der Waals surface area contributed by atoms with Crippen LogP contribution < -0.4 is 10.5 Å². The number of nitrogens with two attached hydrogens (primary N) is 1. The first-order valence-electron chi connectivity index (χ1n) is 5.10. The van der Waals surface area contributed by atoms with Gasteiger partial charge in [-0.1, -0.05) is 19.1 Å². The second-order valence-corrected chi connectivity index (χ2v) is 3.43. The number of rotatable bonds is 5. The molecule has 0 heterocycles. The lowest BCUT2D eigenvalue weighted by atomic mass is 10.2. The molecule has 0 aliphatic heterocycles. The van der Waals surface area contributed by atoms with Crippen molar-refractivity contribution in [2.45, 2.75) is 25.8 Å². The fourth-order valence-corrected chi connectivity index (χ4v) is 1.20. The Balaban J connectivity index is 2.41. The summed E-state index contributed by atoms with van der Waals surface area (Å²) in [6, 6.07) is 9.73. The molecule has 0 saturated carbocycles. The second kappa shape index (κ2) is 6.05. The molecule has 0 aromatic heterocycles. The van der Waals surface area contributed by atoms with Crippen LogP contribution in [0.1, 0.15) is 18.9 Å². The Bertz CT molecular complexity index is 326. The highest BCUT2D eigenvalue weighted by Crippen LogP contribution is 2.12. The molecule has 0 aliphatic carbocycles. The Labute approximate surface area is 90.5 Å². The third-order valence-electron chi connectivity index (χ3n) is 2.15. The largest absolute Gasteiger partial charge is 0.492 e. The predicted octanol–water partition coefficient (Wildman–Crippen LogP) is 1.87. The van der Waals surface area contributed by atoms with Gasteiger partial charge >= 0.3 is 0 Å². The molecule has 1 unspecified atom stereocenters. The van der Waals surface area contributed by atoms with Crippen LogP contribution >= 0.6 is 0 Å². The van der Waals surface area contributed by atoms with Gasteiger partial charge in [0.25, 0.3) is 0 Å². The summed E-state index contributed by atoms with van der Waals surface area (Å²) in [4.78, 5) is 0. The standard InChI is InChI=1S/C12H16N2O/c1-2-10-3-5-12(6-4-10)15-9-11(14)7-8-13/h3-6,11H,2,7,9,14H2,1H3. The Morgan fingerprint density at radius 2 is 2.07 bits per heavy atom. The zero-order valence-corrected chi connectivity index (χ0v) is 8.94. The average molecular weight is 204 g/mol. The smallest absolute Gasteiger partial charge is 0.119 e. The maximum atomic E-state index is 8.42. The Morgan fingerprint density at radius 3 is 2.60 bits per heavy atom. The van der Waals surface area contributed by atoms with E-state index in [4.69, 9.17) is 15.7 Å². The highest BCUT2D eigenvalue weighted by Gasteiger charge is 2.02. The van der Waals surface area contributed by atoms with E-state index < -0.39 is 0 Å². The summed E-state index contributed by atoms with van der Waals surface area (Å²) in [7, 11) is 0. The number of nitriles is 1. The van der Waals surface area contributed by atoms with Crippen molar-refractivity contribution in [3.05, 3.63) is 29.8 Å². The SMILES string of the molecule is CCc1ccc(OCC(N)CC#N)cc1. The van der Waals surface area contributed by atoms with Crippen LogP contribution in [0.5, 0.6) is 5.75 Å². The van der Waals surface area contributed by atoms with Gasteiger partial charge in [-0.2, -0.15) is 5.26 Å². The number of hydrogen-bond acceptors (Lipinski definition) is 3. The number of nitrogens with zero attached hydrogens (tertiary/aromatic N) is 1. The molecule has 3 heteroatoms. The fourth-order valence-electron chi connectivity index (χ4n) is 1.20. The van der Waals surface area contributed by atoms with Crippen LogP contribution in [0.4, 0.5) is 0 Å². The molecule has 1 aromatic carbocycles. The van der Waals surface area contributed by atoms with E-state index in [1.54, 1.807) is 0 Å². The Morgan fingerprint density at radius 1 is 1.40 bits per heavy atom. The normalized spacial score (nSPS) is 11.8. The molecule has 80 valence electrons. The summed E-state index contributed by atoms with van der Waals surface area (Å²) in [5.74, 6) is 0.806. The van der Waals surface area contributed by atoms with E-state index in [1.807, 2.05) is 30.3 Å². The van der Waals surface area contributed by atoms with Gasteiger partial charge in [0.15, 0.2) is 0 Å². The van der Waals surface area contributed by atoms with E-state index in [2.05, 4.69) is 6.92 Å². The molecule has 15 heavy (non-hydrogen) atoms. The number of ether oxygens (including phenoxy) is 1. The third-order valence-corrected chi connectivity index (χ3v) is 2.15. The summed E-state index contributed by atoms with van der Waals surface area (Å²) in [6.07, 6.45) is 1.35. The van der Waals surface area contributed by atoms with Gasteiger partial charge in [0.05, 0.1) is 18.5 Å². The lowest BCUT2D eigenvalue weighted by Gasteiger charge is -2.10. The number of hydrogen-bond donors (Lipinski definition) is 1. The zero-order valence-electron chi connectivity index (χ0n) is 8.94. The average Bonchev–Trinajstić information content (AvgIpc) is 2.27. The highest BCUT2D eigenvalue weighted by atomic mass is 16.5. The minimum absolute atomic E-state index is 0.208. The molecule has 1 atom stereocenters.